The smallest absolute Gasteiger partial charge is 0.241 e. The zero-order chi connectivity index (χ0) is 16.1. The van der Waals surface area contributed by atoms with Crippen molar-refractivity contribution in [2.24, 2.45) is 0 Å². The molecule has 1 heterocycles. The quantitative estimate of drug-likeness (QED) is 0.797. The van der Waals surface area contributed by atoms with Crippen LogP contribution in [0.5, 0.6) is 0 Å². The number of anilines is 1. The van der Waals surface area contributed by atoms with Crippen LogP contribution >= 0.6 is 34.5 Å². The topological polar surface area (TPSA) is 32.3 Å². The number of halogens is 2. The van der Waals surface area contributed by atoms with Gasteiger partial charge in [-0.25, -0.2) is 0 Å². The van der Waals surface area contributed by atoms with Crippen molar-refractivity contribution in [2.45, 2.75) is 26.4 Å². The lowest BCUT2D eigenvalue weighted by Gasteiger charge is -2.26. The highest BCUT2D eigenvalue weighted by Gasteiger charge is 2.21. The number of benzene rings is 1. The number of hydrogen-bond acceptors (Lipinski definition) is 3. The summed E-state index contributed by atoms with van der Waals surface area (Å²) in [6.07, 6.45) is 0. The van der Waals surface area contributed by atoms with Crippen LogP contribution in [0.25, 0.3) is 0 Å². The number of carbonyl (C=O) groups is 1. The highest BCUT2D eigenvalue weighted by molar-refractivity contribution is 7.16. The first-order valence-electron chi connectivity index (χ1n) is 7.05. The second kappa shape index (κ2) is 7.97. The molecule has 2 rings (SSSR count). The summed E-state index contributed by atoms with van der Waals surface area (Å²) in [5.74, 6) is -0.0717. The standard InChI is InChI=1S/C16H18Cl2N2OS/c1-3-20(10-12-8-9-15(18)22-12)11(2)16(21)19-14-7-5-4-6-13(14)17/h4-9,11H,3,10H2,1-2H3,(H,19,21). The van der Waals surface area contributed by atoms with E-state index in [1.807, 2.05) is 38.1 Å². The average Bonchev–Trinajstić information content (AvgIpc) is 2.91. The maximum Gasteiger partial charge on any atom is 0.241 e. The van der Waals surface area contributed by atoms with Gasteiger partial charge in [-0.1, -0.05) is 42.3 Å². The summed E-state index contributed by atoms with van der Waals surface area (Å²) in [6.45, 7) is 5.40. The monoisotopic (exact) mass is 356 g/mol. The summed E-state index contributed by atoms with van der Waals surface area (Å²) in [5.41, 5.74) is 0.635. The number of amides is 1. The number of nitrogens with one attached hydrogen (secondary N) is 1. The normalized spacial score (nSPS) is 12.4. The summed E-state index contributed by atoms with van der Waals surface area (Å²) >= 11 is 13.6. The first-order chi connectivity index (χ1) is 10.5. The van der Waals surface area contributed by atoms with E-state index in [1.54, 1.807) is 12.1 Å². The van der Waals surface area contributed by atoms with E-state index in [9.17, 15) is 4.79 Å². The van der Waals surface area contributed by atoms with Crippen LogP contribution in [0.1, 0.15) is 18.7 Å². The number of nitrogens with zero attached hydrogens (tertiary/aromatic N) is 1. The van der Waals surface area contributed by atoms with Gasteiger partial charge in [0.15, 0.2) is 0 Å². The fraction of sp³-hybridized carbons (Fsp3) is 0.312. The predicted octanol–water partition coefficient (Wildman–Crippen LogP) is 4.90. The van der Waals surface area contributed by atoms with Crippen molar-refractivity contribution in [3.05, 3.63) is 50.6 Å². The molecular formula is C16H18Cl2N2OS. The van der Waals surface area contributed by atoms with Gasteiger partial charge in [0.2, 0.25) is 5.91 Å². The molecule has 118 valence electrons. The van der Waals surface area contributed by atoms with E-state index in [4.69, 9.17) is 23.2 Å². The molecule has 0 fully saturated rings. The number of rotatable bonds is 6. The molecule has 1 atom stereocenters. The Bertz CT molecular complexity index is 645. The van der Waals surface area contributed by atoms with E-state index >= 15 is 0 Å². The fourth-order valence-corrected chi connectivity index (χ4v) is 3.42. The number of carbonyl (C=O) groups excluding carboxylic acids is 1. The van der Waals surface area contributed by atoms with Gasteiger partial charge in [0.05, 0.1) is 21.1 Å². The van der Waals surface area contributed by atoms with E-state index in [0.29, 0.717) is 17.3 Å². The van der Waals surface area contributed by atoms with Gasteiger partial charge in [0.25, 0.3) is 0 Å². The number of para-hydroxylation sites is 1. The van der Waals surface area contributed by atoms with Crippen molar-refractivity contribution in [1.29, 1.82) is 0 Å². The van der Waals surface area contributed by atoms with Crippen LogP contribution in [0.4, 0.5) is 5.69 Å². The lowest BCUT2D eigenvalue weighted by Crippen LogP contribution is -2.41. The minimum Gasteiger partial charge on any atom is -0.323 e. The Morgan fingerprint density at radius 2 is 2.00 bits per heavy atom. The van der Waals surface area contributed by atoms with Crippen molar-refractivity contribution in [1.82, 2.24) is 4.90 Å². The maximum absolute atomic E-state index is 12.4. The second-order valence-electron chi connectivity index (χ2n) is 4.91. The van der Waals surface area contributed by atoms with E-state index < -0.39 is 0 Å². The van der Waals surface area contributed by atoms with Crippen LogP contribution < -0.4 is 5.32 Å². The van der Waals surface area contributed by atoms with Crippen LogP contribution in [-0.4, -0.2) is 23.4 Å². The molecule has 6 heteroatoms. The van der Waals surface area contributed by atoms with Crippen LogP contribution in [0, 0.1) is 0 Å². The zero-order valence-electron chi connectivity index (χ0n) is 12.5. The molecule has 1 aromatic carbocycles. The molecule has 1 aromatic heterocycles. The Labute approximate surface area is 144 Å². The van der Waals surface area contributed by atoms with Crippen molar-refractivity contribution in [3.63, 3.8) is 0 Å². The summed E-state index contributed by atoms with van der Waals surface area (Å²) in [6, 6.07) is 10.8. The average molecular weight is 357 g/mol. The Kier molecular flexibility index (Phi) is 6.26. The van der Waals surface area contributed by atoms with Crippen LogP contribution in [0.3, 0.4) is 0 Å². The molecule has 2 aromatic rings. The SMILES string of the molecule is CCN(Cc1ccc(Cl)s1)C(C)C(=O)Nc1ccccc1Cl. The third-order valence-electron chi connectivity index (χ3n) is 3.45. The minimum absolute atomic E-state index is 0.0717. The van der Waals surface area contributed by atoms with Crippen LogP contribution in [0.2, 0.25) is 9.36 Å². The van der Waals surface area contributed by atoms with Gasteiger partial charge < -0.3 is 5.32 Å². The van der Waals surface area contributed by atoms with Crippen molar-refractivity contribution < 1.29 is 4.79 Å². The number of likely N-dealkylation sites (N-methyl/N-ethyl adjacent to an activating group) is 1. The molecule has 0 spiro atoms. The largest absolute Gasteiger partial charge is 0.323 e. The Morgan fingerprint density at radius 1 is 1.27 bits per heavy atom. The van der Waals surface area contributed by atoms with Gasteiger partial charge in [0, 0.05) is 11.4 Å². The Balaban J connectivity index is 2.02. The second-order valence-corrected chi connectivity index (χ2v) is 7.12. The van der Waals surface area contributed by atoms with Crippen molar-refractivity contribution in [3.8, 4) is 0 Å². The number of hydrogen-bond donors (Lipinski definition) is 1. The van der Waals surface area contributed by atoms with Gasteiger partial charge >= 0.3 is 0 Å². The van der Waals surface area contributed by atoms with E-state index in [-0.39, 0.29) is 11.9 Å². The van der Waals surface area contributed by atoms with Gasteiger partial charge in [-0.05, 0) is 37.7 Å². The van der Waals surface area contributed by atoms with Gasteiger partial charge in [0.1, 0.15) is 0 Å². The molecule has 1 N–H and O–H groups in total. The fourth-order valence-electron chi connectivity index (χ4n) is 2.13. The maximum atomic E-state index is 12.4. The first kappa shape index (κ1) is 17.3. The molecule has 0 aliphatic heterocycles. The molecular weight excluding hydrogens is 339 g/mol. The van der Waals surface area contributed by atoms with Gasteiger partial charge in [-0.3, -0.25) is 9.69 Å². The zero-order valence-corrected chi connectivity index (χ0v) is 14.8. The molecule has 0 saturated carbocycles. The van der Waals surface area contributed by atoms with Gasteiger partial charge in [-0.2, -0.15) is 0 Å². The van der Waals surface area contributed by atoms with Crippen molar-refractivity contribution in [2.75, 3.05) is 11.9 Å². The molecule has 1 unspecified atom stereocenters. The predicted molar refractivity (Wildman–Crippen MR) is 95.0 cm³/mol. The summed E-state index contributed by atoms with van der Waals surface area (Å²) in [7, 11) is 0. The molecule has 0 aliphatic rings. The Hall–Kier alpha value is -1.07. The lowest BCUT2D eigenvalue weighted by atomic mass is 10.2. The molecule has 0 aliphatic carbocycles. The molecule has 22 heavy (non-hydrogen) atoms. The summed E-state index contributed by atoms with van der Waals surface area (Å²) < 4.78 is 0.763. The third-order valence-corrected chi connectivity index (χ3v) is 5.00. The van der Waals surface area contributed by atoms with E-state index in [1.165, 1.54) is 11.3 Å². The van der Waals surface area contributed by atoms with E-state index in [2.05, 4.69) is 10.2 Å². The first-order valence-corrected chi connectivity index (χ1v) is 8.62. The molecule has 3 nitrogen and oxygen atoms in total. The summed E-state index contributed by atoms with van der Waals surface area (Å²) in [5, 5.41) is 3.42. The van der Waals surface area contributed by atoms with E-state index in [0.717, 1.165) is 15.8 Å². The molecule has 1 amide bonds. The molecule has 0 bridgehead atoms. The van der Waals surface area contributed by atoms with Crippen molar-refractivity contribution >= 4 is 46.1 Å². The highest BCUT2D eigenvalue weighted by Crippen LogP contribution is 2.24. The summed E-state index contributed by atoms with van der Waals surface area (Å²) in [4.78, 5) is 15.7. The number of thiophene rings is 1. The molecule has 0 radical (unpaired) electrons. The highest BCUT2D eigenvalue weighted by atomic mass is 35.5. The lowest BCUT2D eigenvalue weighted by molar-refractivity contribution is -0.120. The molecule has 0 saturated heterocycles. The van der Waals surface area contributed by atoms with Crippen LogP contribution in [-0.2, 0) is 11.3 Å². The Morgan fingerprint density at radius 3 is 2.59 bits per heavy atom. The van der Waals surface area contributed by atoms with Gasteiger partial charge in [-0.15, -0.1) is 11.3 Å². The minimum atomic E-state index is -0.262. The van der Waals surface area contributed by atoms with Crippen LogP contribution in [0.15, 0.2) is 36.4 Å². The third kappa shape index (κ3) is 4.46.